The maximum Gasteiger partial charge on any atom is 0.277 e. The van der Waals surface area contributed by atoms with Crippen molar-refractivity contribution in [1.29, 1.82) is 0 Å². The van der Waals surface area contributed by atoms with Crippen LogP contribution in [0.4, 0.5) is 5.69 Å². The number of carbonyl (C=O) groups is 1. The lowest BCUT2D eigenvalue weighted by Gasteiger charge is -2.09. The minimum absolute atomic E-state index is 0.0970. The molecule has 2 aromatic carbocycles. The lowest BCUT2D eigenvalue weighted by Crippen LogP contribution is -2.15. The highest BCUT2D eigenvalue weighted by atomic mass is 35.5. The van der Waals surface area contributed by atoms with Crippen LogP contribution in [0.5, 0.6) is 0 Å². The van der Waals surface area contributed by atoms with E-state index in [0.29, 0.717) is 11.0 Å². The monoisotopic (exact) mass is 297 g/mol. The standard InChI is InChI=1S/C16H12ClN3O/c1-10-6-2-3-7-11(10)20-16(21)14-15(17)19-13-9-5-4-8-12(13)18-14/h2-9H,1H3,(H,20,21). The van der Waals surface area contributed by atoms with Crippen molar-refractivity contribution >= 4 is 34.2 Å². The topological polar surface area (TPSA) is 54.9 Å². The minimum atomic E-state index is -0.368. The van der Waals surface area contributed by atoms with E-state index >= 15 is 0 Å². The summed E-state index contributed by atoms with van der Waals surface area (Å²) in [6, 6.07) is 14.8. The summed E-state index contributed by atoms with van der Waals surface area (Å²) in [6.45, 7) is 1.92. The van der Waals surface area contributed by atoms with E-state index in [4.69, 9.17) is 11.6 Å². The van der Waals surface area contributed by atoms with Crippen molar-refractivity contribution < 1.29 is 4.79 Å². The van der Waals surface area contributed by atoms with E-state index in [9.17, 15) is 4.79 Å². The van der Waals surface area contributed by atoms with Gasteiger partial charge in [0.1, 0.15) is 0 Å². The molecule has 0 unspecified atom stereocenters. The molecule has 104 valence electrons. The van der Waals surface area contributed by atoms with Crippen LogP contribution in [0.25, 0.3) is 11.0 Å². The van der Waals surface area contributed by atoms with Crippen molar-refractivity contribution in [2.24, 2.45) is 0 Å². The Hall–Kier alpha value is -2.46. The van der Waals surface area contributed by atoms with E-state index in [1.807, 2.05) is 43.3 Å². The number of nitrogens with one attached hydrogen (secondary N) is 1. The highest BCUT2D eigenvalue weighted by molar-refractivity contribution is 6.33. The van der Waals surface area contributed by atoms with E-state index in [0.717, 1.165) is 11.3 Å². The lowest BCUT2D eigenvalue weighted by molar-refractivity contribution is 0.102. The summed E-state index contributed by atoms with van der Waals surface area (Å²) in [7, 11) is 0. The largest absolute Gasteiger partial charge is 0.320 e. The number of carbonyl (C=O) groups excluding carboxylic acids is 1. The second-order valence-corrected chi connectivity index (χ2v) is 4.98. The van der Waals surface area contributed by atoms with Crippen molar-refractivity contribution in [3.05, 3.63) is 64.9 Å². The van der Waals surface area contributed by atoms with Crippen LogP contribution in [0, 0.1) is 6.92 Å². The average molecular weight is 298 g/mol. The van der Waals surface area contributed by atoms with Crippen LogP contribution in [0.2, 0.25) is 5.15 Å². The molecule has 3 aromatic rings. The summed E-state index contributed by atoms with van der Waals surface area (Å²) < 4.78 is 0. The Morgan fingerprint density at radius 1 is 1.00 bits per heavy atom. The van der Waals surface area contributed by atoms with E-state index < -0.39 is 0 Å². The second kappa shape index (κ2) is 5.50. The highest BCUT2D eigenvalue weighted by Crippen LogP contribution is 2.19. The summed E-state index contributed by atoms with van der Waals surface area (Å²) in [5.41, 5.74) is 3.12. The molecule has 4 nitrogen and oxygen atoms in total. The smallest absolute Gasteiger partial charge is 0.277 e. The van der Waals surface area contributed by atoms with Gasteiger partial charge in [0, 0.05) is 5.69 Å². The van der Waals surface area contributed by atoms with E-state index in [1.165, 1.54) is 0 Å². The number of amides is 1. The van der Waals surface area contributed by atoms with Crippen LogP contribution in [0.1, 0.15) is 16.1 Å². The maximum atomic E-state index is 12.3. The molecule has 0 bridgehead atoms. The SMILES string of the molecule is Cc1ccccc1NC(=O)c1nc2ccccc2nc1Cl. The zero-order chi connectivity index (χ0) is 14.8. The Balaban J connectivity index is 1.98. The van der Waals surface area contributed by atoms with Crippen molar-refractivity contribution in [1.82, 2.24) is 9.97 Å². The van der Waals surface area contributed by atoms with Crippen LogP contribution in [0.15, 0.2) is 48.5 Å². The first-order valence-corrected chi connectivity index (χ1v) is 6.82. The van der Waals surface area contributed by atoms with E-state index in [1.54, 1.807) is 12.1 Å². The number of nitrogens with zero attached hydrogens (tertiary/aromatic N) is 2. The van der Waals surface area contributed by atoms with Gasteiger partial charge in [0.25, 0.3) is 5.91 Å². The first-order chi connectivity index (χ1) is 10.1. The van der Waals surface area contributed by atoms with Crippen molar-refractivity contribution in [2.75, 3.05) is 5.32 Å². The van der Waals surface area contributed by atoms with Crippen LogP contribution < -0.4 is 5.32 Å². The van der Waals surface area contributed by atoms with Crippen molar-refractivity contribution in [2.45, 2.75) is 6.92 Å². The molecule has 5 heteroatoms. The van der Waals surface area contributed by atoms with Crippen LogP contribution in [-0.4, -0.2) is 15.9 Å². The van der Waals surface area contributed by atoms with Gasteiger partial charge >= 0.3 is 0 Å². The lowest BCUT2D eigenvalue weighted by atomic mass is 10.2. The number of halogens is 1. The Morgan fingerprint density at radius 3 is 2.33 bits per heavy atom. The molecule has 1 heterocycles. The summed E-state index contributed by atoms with van der Waals surface area (Å²) in [6.07, 6.45) is 0. The summed E-state index contributed by atoms with van der Waals surface area (Å²) >= 11 is 6.07. The molecule has 1 amide bonds. The van der Waals surface area contributed by atoms with Gasteiger partial charge in [-0.2, -0.15) is 0 Å². The van der Waals surface area contributed by atoms with Gasteiger partial charge in [0.2, 0.25) is 0 Å². The molecule has 0 saturated heterocycles. The molecule has 0 atom stereocenters. The molecular formula is C16H12ClN3O. The number of aromatic nitrogens is 2. The van der Waals surface area contributed by atoms with Gasteiger partial charge in [-0.05, 0) is 30.7 Å². The molecule has 0 radical (unpaired) electrons. The summed E-state index contributed by atoms with van der Waals surface area (Å²) in [5.74, 6) is -0.368. The van der Waals surface area contributed by atoms with E-state index in [2.05, 4.69) is 15.3 Å². The molecular weight excluding hydrogens is 286 g/mol. The van der Waals surface area contributed by atoms with Crippen LogP contribution >= 0.6 is 11.6 Å². The molecule has 0 aliphatic carbocycles. The maximum absolute atomic E-state index is 12.3. The third-order valence-corrected chi connectivity index (χ3v) is 3.40. The number of fused-ring (bicyclic) bond motifs is 1. The number of hydrogen-bond acceptors (Lipinski definition) is 3. The minimum Gasteiger partial charge on any atom is -0.320 e. The fourth-order valence-electron chi connectivity index (χ4n) is 2.02. The van der Waals surface area contributed by atoms with Gasteiger partial charge in [-0.3, -0.25) is 4.79 Å². The summed E-state index contributed by atoms with van der Waals surface area (Å²) in [4.78, 5) is 20.8. The molecule has 0 aliphatic rings. The Labute approximate surface area is 126 Å². The fraction of sp³-hybridized carbons (Fsp3) is 0.0625. The predicted molar refractivity (Wildman–Crippen MR) is 83.7 cm³/mol. The van der Waals surface area contributed by atoms with Gasteiger partial charge in [0.05, 0.1) is 11.0 Å². The van der Waals surface area contributed by atoms with Gasteiger partial charge in [-0.15, -0.1) is 0 Å². The van der Waals surface area contributed by atoms with E-state index in [-0.39, 0.29) is 16.8 Å². The van der Waals surface area contributed by atoms with Crippen molar-refractivity contribution in [3.63, 3.8) is 0 Å². The van der Waals surface area contributed by atoms with Gasteiger partial charge < -0.3 is 5.32 Å². The molecule has 0 aliphatic heterocycles. The average Bonchev–Trinajstić information content (AvgIpc) is 2.49. The number of benzene rings is 2. The fourth-order valence-corrected chi connectivity index (χ4v) is 2.24. The molecule has 0 saturated carbocycles. The molecule has 0 fully saturated rings. The van der Waals surface area contributed by atoms with Gasteiger partial charge in [-0.25, -0.2) is 9.97 Å². The molecule has 1 aromatic heterocycles. The highest BCUT2D eigenvalue weighted by Gasteiger charge is 2.15. The number of anilines is 1. The molecule has 21 heavy (non-hydrogen) atoms. The third kappa shape index (κ3) is 2.71. The normalized spacial score (nSPS) is 10.6. The van der Waals surface area contributed by atoms with Crippen molar-refractivity contribution in [3.8, 4) is 0 Å². The molecule has 1 N–H and O–H groups in total. The van der Waals surface area contributed by atoms with Gasteiger partial charge in [-0.1, -0.05) is 41.9 Å². The first kappa shape index (κ1) is 13.5. The zero-order valence-electron chi connectivity index (χ0n) is 11.3. The zero-order valence-corrected chi connectivity index (χ0v) is 12.1. The number of rotatable bonds is 2. The Kier molecular flexibility index (Phi) is 3.54. The van der Waals surface area contributed by atoms with Gasteiger partial charge in [0.15, 0.2) is 10.8 Å². The molecule has 3 rings (SSSR count). The number of aryl methyl sites for hydroxylation is 1. The number of hydrogen-bond donors (Lipinski definition) is 1. The third-order valence-electron chi connectivity index (χ3n) is 3.14. The Morgan fingerprint density at radius 2 is 1.62 bits per heavy atom. The molecule has 0 spiro atoms. The number of para-hydroxylation sites is 3. The second-order valence-electron chi connectivity index (χ2n) is 4.62. The quantitative estimate of drug-likeness (QED) is 0.782. The first-order valence-electron chi connectivity index (χ1n) is 6.44. The predicted octanol–water partition coefficient (Wildman–Crippen LogP) is 3.84. The van der Waals surface area contributed by atoms with Crippen LogP contribution in [0.3, 0.4) is 0 Å². The summed E-state index contributed by atoms with van der Waals surface area (Å²) in [5, 5.41) is 2.90. The van der Waals surface area contributed by atoms with Crippen LogP contribution in [-0.2, 0) is 0 Å². The Bertz CT molecular complexity index is 833.